The second kappa shape index (κ2) is 7.06. The number of morpholine rings is 1. The van der Waals surface area contributed by atoms with E-state index in [0.717, 1.165) is 0 Å². The topological polar surface area (TPSA) is 86.3 Å². The molecule has 2 aromatic heterocycles. The number of hydrogen-bond donors (Lipinski definition) is 0. The van der Waals surface area contributed by atoms with Crippen LogP contribution in [0, 0.1) is 0 Å². The lowest BCUT2D eigenvalue weighted by molar-refractivity contribution is -0.00577. The highest BCUT2D eigenvalue weighted by Gasteiger charge is 2.32. The van der Waals surface area contributed by atoms with E-state index in [4.69, 9.17) is 32.5 Å². The van der Waals surface area contributed by atoms with Crippen molar-refractivity contribution in [3.8, 4) is 5.69 Å². The molecular formula is C16H13Cl2N5O3. The normalized spacial score (nSPS) is 17.5. The van der Waals surface area contributed by atoms with E-state index in [1.165, 1.54) is 17.3 Å². The van der Waals surface area contributed by atoms with Crippen molar-refractivity contribution in [1.29, 1.82) is 0 Å². The maximum absolute atomic E-state index is 13.0. The van der Waals surface area contributed by atoms with Gasteiger partial charge in [-0.1, -0.05) is 28.4 Å². The lowest BCUT2D eigenvalue weighted by Gasteiger charge is -2.33. The number of carbonyl (C=O) groups is 1. The van der Waals surface area contributed by atoms with Gasteiger partial charge < -0.3 is 14.2 Å². The van der Waals surface area contributed by atoms with E-state index in [9.17, 15) is 4.79 Å². The summed E-state index contributed by atoms with van der Waals surface area (Å²) in [6.07, 6.45) is 4.35. The Balaban J connectivity index is 1.61. The highest BCUT2D eigenvalue weighted by atomic mass is 35.5. The van der Waals surface area contributed by atoms with Crippen molar-refractivity contribution in [1.82, 2.24) is 24.8 Å². The second-order valence-corrected chi connectivity index (χ2v) is 6.49. The quantitative estimate of drug-likeness (QED) is 0.679. The number of rotatable bonds is 3. The average molecular weight is 394 g/mol. The number of amides is 1. The number of nitrogens with zero attached hydrogens (tertiary/aromatic N) is 5. The summed E-state index contributed by atoms with van der Waals surface area (Å²) in [4.78, 5) is 18.7. The molecule has 10 heteroatoms. The van der Waals surface area contributed by atoms with Gasteiger partial charge in [-0.05, 0) is 18.2 Å². The largest absolute Gasteiger partial charge is 0.377 e. The van der Waals surface area contributed by atoms with Gasteiger partial charge in [-0.25, -0.2) is 4.68 Å². The summed E-state index contributed by atoms with van der Waals surface area (Å²) in [7, 11) is 0. The monoisotopic (exact) mass is 393 g/mol. The van der Waals surface area contributed by atoms with Gasteiger partial charge in [-0.2, -0.15) is 10.1 Å². The fraction of sp³-hybridized carbons (Fsp3) is 0.250. The molecule has 1 atom stereocenters. The third kappa shape index (κ3) is 3.18. The molecule has 0 spiro atoms. The molecule has 26 heavy (non-hydrogen) atoms. The van der Waals surface area contributed by atoms with Gasteiger partial charge in [0.2, 0.25) is 6.39 Å². The van der Waals surface area contributed by atoms with E-state index >= 15 is 0 Å². The molecule has 0 radical (unpaired) electrons. The first kappa shape index (κ1) is 17.0. The second-order valence-electron chi connectivity index (χ2n) is 5.65. The van der Waals surface area contributed by atoms with Gasteiger partial charge in [-0.3, -0.25) is 4.79 Å². The number of hydrogen-bond acceptors (Lipinski definition) is 6. The number of halogens is 2. The van der Waals surface area contributed by atoms with Crippen molar-refractivity contribution in [3.05, 3.63) is 58.4 Å². The predicted octanol–water partition coefficient (Wildman–Crippen LogP) is 2.78. The van der Waals surface area contributed by atoms with Crippen molar-refractivity contribution in [2.45, 2.75) is 6.04 Å². The molecule has 4 rings (SSSR count). The van der Waals surface area contributed by atoms with Crippen LogP contribution in [0.2, 0.25) is 10.0 Å². The molecule has 0 bridgehead atoms. The lowest BCUT2D eigenvalue weighted by atomic mass is 10.2. The summed E-state index contributed by atoms with van der Waals surface area (Å²) in [5.41, 5.74) is 1.05. The first-order valence-corrected chi connectivity index (χ1v) is 8.54. The van der Waals surface area contributed by atoms with Gasteiger partial charge in [0.1, 0.15) is 6.04 Å². The zero-order chi connectivity index (χ0) is 18.1. The zero-order valence-electron chi connectivity index (χ0n) is 13.4. The Bertz CT molecular complexity index is 928. The summed E-state index contributed by atoms with van der Waals surface area (Å²) in [6, 6.07) is 4.66. The summed E-state index contributed by atoms with van der Waals surface area (Å²) in [5, 5.41) is 9.04. The van der Waals surface area contributed by atoms with Crippen LogP contribution in [0.15, 0.2) is 41.5 Å². The smallest absolute Gasteiger partial charge is 0.257 e. The Morgan fingerprint density at radius 3 is 2.96 bits per heavy atom. The predicted molar refractivity (Wildman–Crippen MR) is 92.5 cm³/mol. The van der Waals surface area contributed by atoms with Crippen LogP contribution in [0.3, 0.4) is 0 Å². The van der Waals surface area contributed by atoms with Gasteiger partial charge in [0, 0.05) is 17.8 Å². The highest BCUT2D eigenvalue weighted by Crippen LogP contribution is 2.26. The van der Waals surface area contributed by atoms with Crippen LogP contribution >= 0.6 is 23.2 Å². The third-order valence-electron chi connectivity index (χ3n) is 4.05. The molecule has 1 saturated heterocycles. The molecule has 0 aliphatic carbocycles. The molecule has 1 aliphatic heterocycles. The number of ether oxygens (including phenoxy) is 1. The molecule has 3 heterocycles. The minimum atomic E-state index is -0.405. The molecule has 3 aromatic rings. The fourth-order valence-electron chi connectivity index (χ4n) is 2.78. The molecule has 0 saturated carbocycles. The SMILES string of the molecule is O=C(c1cnn(-c2ccc(Cl)cc2Cl)c1)N1CCOC[C@H]1c1ncon1. The fourth-order valence-corrected chi connectivity index (χ4v) is 3.28. The lowest BCUT2D eigenvalue weighted by Crippen LogP contribution is -2.43. The van der Waals surface area contributed by atoms with Gasteiger partial charge in [0.25, 0.3) is 5.91 Å². The van der Waals surface area contributed by atoms with Crippen LogP contribution in [0.4, 0.5) is 0 Å². The van der Waals surface area contributed by atoms with Gasteiger partial charge in [0.05, 0.1) is 35.7 Å². The molecule has 134 valence electrons. The number of benzene rings is 1. The van der Waals surface area contributed by atoms with Gasteiger partial charge in [0.15, 0.2) is 5.82 Å². The molecular weight excluding hydrogens is 381 g/mol. The van der Waals surface area contributed by atoms with Gasteiger partial charge in [-0.15, -0.1) is 0 Å². The van der Waals surface area contributed by atoms with Crippen molar-refractivity contribution < 1.29 is 14.1 Å². The maximum atomic E-state index is 13.0. The van der Waals surface area contributed by atoms with E-state index in [1.807, 2.05) is 0 Å². The Kier molecular flexibility index (Phi) is 4.62. The van der Waals surface area contributed by atoms with E-state index in [-0.39, 0.29) is 5.91 Å². The minimum Gasteiger partial charge on any atom is -0.377 e. The summed E-state index contributed by atoms with van der Waals surface area (Å²) in [5.74, 6) is 0.214. The van der Waals surface area contributed by atoms with E-state index in [2.05, 4.69) is 15.2 Å². The van der Waals surface area contributed by atoms with Crippen LogP contribution in [-0.4, -0.2) is 50.5 Å². The first-order valence-electron chi connectivity index (χ1n) is 7.78. The Hall–Kier alpha value is -2.42. The van der Waals surface area contributed by atoms with Gasteiger partial charge >= 0.3 is 0 Å². The zero-order valence-corrected chi connectivity index (χ0v) is 14.9. The van der Waals surface area contributed by atoms with Crippen LogP contribution in [-0.2, 0) is 4.74 Å². The molecule has 8 nitrogen and oxygen atoms in total. The van der Waals surface area contributed by atoms with Crippen LogP contribution in [0.5, 0.6) is 0 Å². The van der Waals surface area contributed by atoms with Crippen molar-refractivity contribution in [2.75, 3.05) is 19.8 Å². The van der Waals surface area contributed by atoms with Crippen LogP contribution < -0.4 is 0 Å². The molecule has 1 amide bonds. The van der Waals surface area contributed by atoms with E-state index in [1.54, 1.807) is 29.3 Å². The van der Waals surface area contributed by atoms with Crippen molar-refractivity contribution in [2.24, 2.45) is 0 Å². The Morgan fingerprint density at radius 1 is 1.31 bits per heavy atom. The Labute approximate surface area is 158 Å². The number of aromatic nitrogens is 4. The van der Waals surface area contributed by atoms with Crippen molar-refractivity contribution >= 4 is 29.1 Å². The summed E-state index contributed by atoms with van der Waals surface area (Å²) < 4.78 is 11.8. The standard InChI is InChI=1S/C16H13Cl2N5O3/c17-11-1-2-13(12(18)5-11)23-7-10(6-20-23)16(24)22-3-4-25-8-14(22)15-19-9-26-21-15/h1-2,5-7,9,14H,3-4,8H2/t14-/m0/s1. The van der Waals surface area contributed by atoms with Crippen LogP contribution in [0.25, 0.3) is 5.69 Å². The minimum absolute atomic E-state index is 0.195. The number of carbonyl (C=O) groups excluding carboxylic acids is 1. The van der Waals surface area contributed by atoms with E-state index in [0.29, 0.717) is 46.9 Å². The highest BCUT2D eigenvalue weighted by molar-refractivity contribution is 6.35. The first-order chi connectivity index (χ1) is 12.6. The maximum Gasteiger partial charge on any atom is 0.257 e. The molecule has 1 aliphatic rings. The van der Waals surface area contributed by atoms with Crippen LogP contribution in [0.1, 0.15) is 22.2 Å². The third-order valence-corrected chi connectivity index (χ3v) is 4.59. The van der Waals surface area contributed by atoms with E-state index < -0.39 is 6.04 Å². The Morgan fingerprint density at radius 2 is 2.19 bits per heavy atom. The summed E-state index contributed by atoms with van der Waals surface area (Å²) >= 11 is 12.1. The molecule has 0 N–H and O–H groups in total. The van der Waals surface area contributed by atoms with Crippen molar-refractivity contribution in [3.63, 3.8) is 0 Å². The molecule has 1 aromatic carbocycles. The summed E-state index contributed by atoms with van der Waals surface area (Å²) in [6.45, 7) is 1.17. The average Bonchev–Trinajstić information content (AvgIpc) is 3.33. The molecule has 1 fully saturated rings. The molecule has 0 unspecified atom stereocenters.